The quantitative estimate of drug-likeness (QED) is 0.885. The lowest BCUT2D eigenvalue weighted by Crippen LogP contribution is -2.31. The third-order valence-electron chi connectivity index (χ3n) is 3.75. The topological polar surface area (TPSA) is 32.3 Å². The maximum absolute atomic E-state index is 10.3. The highest BCUT2D eigenvalue weighted by Gasteiger charge is 2.15. The van der Waals surface area contributed by atoms with E-state index in [9.17, 15) is 5.11 Å². The zero-order valence-corrected chi connectivity index (χ0v) is 13.6. The Labute approximate surface area is 134 Å². The van der Waals surface area contributed by atoms with E-state index in [0.717, 1.165) is 12.1 Å². The highest BCUT2D eigenvalue weighted by atomic mass is 32.2. The van der Waals surface area contributed by atoms with Gasteiger partial charge < -0.3 is 10.4 Å². The summed E-state index contributed by atoms with van der Waals surface area (Å²) in [5, 5.41) is 16.8. The molecule has 21 heavy (non-hydrogen) atoms. The molecule has 4 heteroatoms. The average Bonchev–Trinajstić information content (AvgIpc) is 2.55. The summed E-state index contributed by atoms with van der Waals surface area (Å²) < 4.78 is 0. The first-order valence-electron chi connectivity index (χ1n) is 7.40. The van der Waals surface area contributed by atoms with Crippen molar-refractivity contribution in [3.8, 4) is 0 Å². The fraction of sp³-hybridized carbons (Fsp3) is 0.412. The molecule has 0 amide bonds. The monoisotopic (exact) mass is 319 g/mol. The minimum atomic E-state index is -0.434. The van der Waals surface area contributed by atoms with Crippen molar-refractivity contribution in [3.63, 3.8) is 0 Å². The van der Waals surface area contributed by atoms with Gasteiger partial charge in [0.05, 0.1) is 6.10 Å². The van der Waals surface area contributed by atoms with Crippen LogP contribution in [-0.4, -0.2) is 40.7 Å². The SMILES string of the molecule is OC(CNCC1CSCCS1)c1ccc2ccccc2c1. The van der Waals surface area contributed by atoms with E-state index < -0.39 is 6.10 Å². The van der Waals surface area contributed by atoms with Gasteiger partial charge in [-0.2, -0.15) is 23.5 Å². The van der Waals surface area contributed by atoms with Gasteiger partial charge in [-0.25, -0.2) is 0 Å². The molecule has 0 aromatic heterocycles. The first-order chi connectivity index (χ1) is 10.3. The fourth-order valence-corrected chi connectivity index (χ4v) is 5.21. The molecule has 2 N–H and O–H groups in total. The Morgan fingerprint density at radius 3 is 2.81 bits per heavy atom. The molecular formula is C17H21NOS2. The van der Waals surface area contributed by atoms with Gasteiger partial charge in [0, 0.05) is 35.6 Å². The molecule has 2 unspecified atom stereocenters. The van der Waals surface area contributed by atoms with E-state index in [1.807, 2.05) is 41.7 Å². The molecule has 112 valence electrons. The van der Waals surface area contributed by atoms with E-state index >= 15 is 0 Å². The smallest absolute Gasteiger partial charge is 0.0914 e. The Bertz CT molecular complexity index is 584. The van der Waals surface area contributed by atoms with Gasteiger partial charge in [-0.1, -0.05) is 36.4 Å². The second kappa shape index (κ2) is 7.54. The van der Waals surface area contributed by atoms with E-state index in [4.69, 9.17) is 0 Å². The molecule has 2 aromatic rings. The number of fused-ring (bicyclic) bond motifs is 1. The van der Waals surface area contributed by atoms with Crippen molar-refractivity contribution in [2.75, 3.05) is 30.3 Å². The van der Waals surface area contributed by atoms with Gasteiger partial charge in [0.2, 0.25) is 0 Å². The number of benzene rings is 2. The normalized spacial score (nSPS) is 20.5. The van der Waals surface area contributed by atoms with E-state index in [1.165, 1.54) is 28.0 Å². The van der Waals surface area contributed by atoms with Crippen LogP contribution in [0.4, 0.5) is 0 Å². The molecule has 2 nitrogen and oxygen atoms in total. The van der Waals surface area contributed by atoms with E-state index in [-0.39, 0.29) is 0 Å². The van der Waals surface area contributed by atoms with Crippen LogP contribution in [0.2, 0.25) is 0 Å². The molecule has 0 aliphatic carbocycles. The van der Waals surface area contributed by atoms with Crippen LogP contribution >= 0.6 is 23.5 Å². The van der Waals surface area contributed by atoms with Gasteiger partial charge in [0.25, 0.3) is 0 Å². The van der Waals surface area contributed by atoms with Gasteiger partial charge in [-0.3, -0.25) is 0 Å². The molecule has 0 bridgehead atoms. The predicted molar refractivity (Wildman–Crippen MR) is 95.3 cm³/mol. The van der Waals surface area contributed by atoms with Crippen LogP contribution in [0.25, 0.3) is 10.8 Å². The molecule has 1 saturated heterocycles. The molecule has 0 radical (unpaired) electrons. The summed E-state index contributed by atoms with van der Waals surface area (Å²) in [6.07, 6.45) is -0.434. The van der Waals surface area contributed by atoms with Gasteiger partial charge in [-0.05, 0) is 22.4 Å². The van der Waals surface area contributed by atoms with Crippen molar-refractivity contribution in [2.24, 2.45) is 0 Å². The lowest BCUT2D eigenvalue weighted by Gasteiger charge is -2.22. The Balaban J connectivity index is 1.54. The van der Waals surface area contributed by atoms with Crippen LogP contribution in [0.3, 0.4) is 0 Å². The summed E-state index contributed by atoms with van der Waals surface area (Å²) in [4.78, 5) is 0. The molecule has 1 aliphatic rings. The van der Waals surface area contributed by atoms with Crippen molar-refractivity contribution in [1.29, 1.82) is 0 Å². The zero-order chi connectivity index (χ0) is 14.5. The number of aliphatic hydroxyl groups excluding tert-OH is 1. The molecule has 3 rings (SSSR count). The van der Waals surface area contributed by atoms with Crippen LogP contribution in [0.15, 0.2) is 42.5 Å². The van der Waals surface area contributed by atoms with Gasteiger partial charge in [0.1, 0.15) is 0 Å². The predicted octanol–water partition coefficient (Wildman–Crippen LogP) is 3.31. The van der Waals surface area contributed by atoms with Crippen molar-refractivity contribution in [1.82, 2.24) is 5.32 Å². The Hall–Kier alpha value is -0.680. The zero-order valence-electron chi connectivity index (χ0n) is 12.0. The van der Waals surface area contributed by atoms with Crippen LogP contribution < -0.4 is 5.32 Å². The van der Waals surface area contributed by atoms with Crippen LogP contribution in [0.5, 0.6) is 0 Å². The van der Waals surface area contributed by atoms with Crippen molar-refractivity contribution < 1.29 is 5.11 Å². The van der Waals surface area contributed by atoms with Crippen LogP contribution in [0.1, 0.15) is 11.7 Å². The molecule has 0 saturated carbocycles. The molecule has 1 aliphatic heterocycles. The van der Waals surface area contributed by atoms with Gasteiger partial charge in [-0.15, -0.1) is 0 Å². The second-order valence-corrected chi connectivity index (χ2v) is 7.91. The third kappa shape index (κ3) is 4.16. The molecule has 2 atom stereocenters. The fourth-order valence-electron chi connectivity index (χ4n) is 2.57. The number of hydrogen-bond donors (Lipinski definition) is 2. The maximum atomic E-state index is 10.3. The number of hydrogen-bond acceptors (Lipinski definition) is 4. The Kier molecular flexibility index (Phi) is 5.47. The van der Waals surface area contributed by atoms with E-state index in [0.29, 0.717) is 11.8 Å². The summed E-state index contributed by atoms with van der Waals surface area (Å²) in [7, 11) is 0. The Morgan fingerprint density at radius 1 is 1.14 bits per heavy atom. The van der Waals surface area contributed by atoms with E-state index in [1.54, 1.807) is 0 Å². The first-order valence-corrected chi connectivity index (χ1v) is 9.60. The standard InChI is InChI=1S/C17H21NOS2/c19-17(11-18-10-16-12-20-7-8-21-16)15-6-5-13-3-1-2-4-14(13)9-15/h1-6,9,16-19H,7-8,10-12H2. The van der Waals surface area contributed by atoms with Crippen molar-refractivity contribution in [2.45, 2.75) is 11.4 Å². The lowest BCUT2D eigenvalue weighted by atomic mass is 10.0. The number of nitrogens with one attached hydrogen (secondary N) is 1. The maximum Gasteiger partial charge on any atom is 0.0914 e. The lowest BCUT2D eigenvalue weighted by molar-refractivity contribution is 0.175. The summed E-state index contributed by atoms with van der Waals surface area (Å²) >= 11 is 4.08. The molecule has 0 spiro atoms. The summed E-state index contributed by atoms with van der Waals surface area (Å²) in [5.74, 6) is 3.76. The first kappa shape index (κ1) is 15.2. The highest BCUT2D eigenvalue weighted by Crippen LogP contribution is 2.24. The minimum Gasteiger partial charge on any atom is -0.387 e. The summed E-state index contributed by atoms with van der Waals surface area (Å²) in [6, 6.07) is 14.5. The number of rotatable bonds is 5. The Morgan fingerprint density at radius 2 is 2.00 bits per heavy atom. The molecular weight excluding hydrogens is 298 g/mol. The van der Waals surface area contributed by atoms with Crippen molar-refractivity contribution >= 4 is 34.3 Å². The number of thioether (sulfide) groups is 2. The molecule has 1 heterocycles. The third-order valence-corrected chi connectivity index (χ3v) is 6.60. The summed E-state index contributed by atoms with van der Waals surface area (Å²) in [5.41, 5.74) is 0.992. The molecule has 2 aromatic carbocycles. The average molecular weight is 319 g/mol. The highest BCUT2D eigenvalue weighted by molar-refractivity contribution is 8.06. The van der Waals surface area contributed by atoms with Crippen molar-refractivity contribution in [3.05, 3.63) is 48.0 Å². The second-order valence-electron chi connectivity index (χ2n) is 5.35. The summed E-state index contributed by atoms with van der Waals surface area (Å²) in [6.45, 7) is 1.61. The van der Waals surface area contributed by atoms with Gasteiger partial charge >= 0.3 is 0 Å². The minimum absolute atomic E-state index is 0.434. The molecule has 1 fully saturated rings. The van der Waals surface area contributed by atoms with Crippen LogP contribution in [-0.2, 0) is 0 Å². The van der Waals surface area contributed by atoms with Gasteiger partial charge in [0.15, 0.2) is 0 Å². The number of aliphatic hydroxyl groups is 1. The van der Waals surface area contributed by atoms with E-state index in [2.05, 4.69) is 29.6 Å². The largest absolute Gasteiger partial charge is 0.387 e. The van der Waals surface area contributed by atoms with Crippen LogP contribution in [0, 0.1) is 0 Å².